The van der Waals surface area contributed by atoms with Gasteiger partial charge in [0.05, 0.1) is 0 Å². The Balaban J connectivity index is 2.64. The monoisotopic (exact) mass is 195 g/mol. The SMILES string of the molecule is COCC(C)Cc1nc(C#N)c(N)o1. The van der Waals surface area contributed by atoms with Crippen molar-refractivity contribution >= 4 is 5.88 Å². The lowest BCUT2D eigenvalue weighted by atomic mass is 10.1. The topological polar surface area (TPSA) is 85.1 Å². The number of anilines is 1. The van der Waals surface area contributed by atoms with E-state index in [0.717, 1.165) is 0 Å². The number of hydrogen-bond donors (Lipinski definition) is 1. The first-order chi connectivity index (χ1) is 6.67. The summed E-state index contributed by atoms with van der Waals surface area (Å²) in [5, 5.41) is 8.59. The molecular weight excluding hydrogens is 182 g/mol. The van der Waals surface area contributed by atoms with Gasteiger partial charge in [-0.05, 0) is 5.92 Å². The number of methoxy groups -OCH3 is 1. The summed E-state index contributed by atoms with van der Waals surface area (Å²) < 4.78 is 10.1. The van der Waals surface area contributed by atoms with Gasteiger partial charge in [-0.1, -0.05) is 6.92 Å². The lowest BCUT2D eigenvalue weighted by molar-refractivity contribution is 0.156. The summed E-state index contributed by atoms with van der Waals surface area (Å²) in [5.41, 5.74) is 5.58. The molecule has 0 saturated carbocycles. The number of aromatic nitrogens is 1. The molecule has 5 heteroatoms. The number of oxazole rings is 1. The molecule has 0 aliphatic heterocycles. The zero-order valence-electron chi connectivity index (χ0n) is 8.28. The van der Waals surface area contributed by atoms with Crippen LogP contribution in [0.5, 0.6) is 0 Å². The third kappa shape index (κ3) is 2.47. The van der Waals surface area contributed by atoms with Gasteiger partial charge in [-0.3, -0.25) is 0 Å². The van der Waals surface area contributed by atoms with E-state index in [-0.39, 0.29) is 11.6 Å². The van der Waals surface area contributed by atoms with Gasteiger partial charge in [0.15, 0.2) is 5.89 Å². The van der Waals surface area contributed by atoms with Crippen molar-refractivity contribution < 1.29 is 9.15 Å². The largest absolute Gasteiger partial charge is 0.424 e. The molecule has 0 bridgehead atoms. The van der Waals surface area contributed by atoms with Crippen LogP contribution in [0.4, 0.5) is 5.88 Å². The van der Waals surface area contributed by atoms with Gasteiger partial charge in [-0.15, -0.1) is 0 Å². The summed E-state index contributed by atoms with van der Waals surface area (Å²) in [7, 11) is 1.64. The molecule has 2 N–H and O–H groups in total. The van der Waals surface area contributed by atoms with Crippen LogP contribution < -0.4 is 5.73 Å². The number of nitrogens with zero attached hydrogens (tertiary/aromatic N) is 2. The van der Waals surface area contributed by atoms with Crippen molar-refractivity contribution in [2.45, 2.75) is 13.3 Å². The van der Waals surface area contributed by atoms with Crippen molar-refractivity contribution in [3.05, 3.63) is 11.6 Å². The van der Waals surface area contributed by atoms with Gasteiger partial charge >= 0.3 is 0 Å². The van der Waals surface area contributed by atoms with Crippen molar-refractivity contribution in [3.8, 4) is 6.07 Å². The molecule has 0 amide bonds. The highest BCUT2D eigenvalue weighted by molar-refractivity contribution is 5.40. The number of hydrogen-bond acceptors (Lipinski definition) is 5. The average molecular weight is 195 g/mol. The number of nitrogens with two attached hydrogens (primary N) is 1. The molecule has 0 spiro atoms. The number of nitrogen functional groups attached to an aromatic ring is 1. The predicted molar refractivity (Wildman–Crippen MR) is 50.4 cm³/mol. The van der Waals surface area contributed by atoms with Crippen molar-refractivity contribution in [1.29, 1.82) is 5.26 Å². The van der Waals surface area contributed by atoms with Crippen LogP contribution in [0, 0.1) is 17.2 Å². The summed E-state index contributed by atoms with van der Waals surface area (Å²) in [5.74, 6) is 0.875. The van der Waals surface area contributed by atoms with Crippen LogP contribution >= 0.6 is 0 Å². The van der Waals surface area contributed by atoms with Crippen LogP contribution in [0.2, 0.25) is 0 Å². The third-order valence-corrected chi connectivity index (χ3v) is 1.78. The molecule has 0 aromatic carbocycles. The normalized spacial score (nSPS) is 12.4. The highest BCUT2D eigenvalue weighted by atomic mass is 16.5. The van der Waals surface area contributed by atoms with Crippen molar-refractivity contribution in [2.24, 2.45) is 5.92 Å². The summed E-state index contributed by atoms with van der Waals surface area (Å²) in [6.45, 7) is 2.64. The molecule has 0 fully saturated rings. The molecular formula is C9H13N3O2. The summed E-state index contributed by atoms with van der Waals surface area (Å²) in [6.07, 6.45) is 0.625. The van der Waals surface area contributed by atoms with Crippen LogP contribution in [-0.2, 0) is 11.2 Å². The van der Waals surface area contributed by atoms with Crippen molar-refractivity contribution in [1.82, 2.24) is 4.98 Å². The van der Waals surface area contributed by atoms with Gasteiger partial charge in [0.2, 0.25) is 11.6 Å². The highest BCUT2D eigenvalue weighted by Gasteiger charge is 2.12. The van der Waals surface area contributed by atoms with E-state index in [1.807, 2.05) is 13.0 Å². The molecule has 0 saturated heterocycles. The third-order valence-electron chi connectivity index (χ3n) is 1.78. The smallest absolute Gasteiger partial charge is 0.229 e. The number of nitriles is 1. The second-order valence-corrected chi connectivity index (χ2v) is 3.20. The Hall–Kier alpha value is -1.54. The van der Waals surface area contributed by atoms with E-state index in [1.54, 1.807) is 7.11 Å². The summed E-state index contributed by atoms with van der Waals surface area (Å²) in [4.78, 5) is 3.94. The van der Waals surface area contributed by atoms with E-state index in [4.69, 9.17) is 20.1 Å². The summed E-state index contributed by atoms with van der Waals surface area (Å²) >= 11 is 0. The minimum absolute atomic E-state index is 0.0899. The van der Waals surface area contributed by atoms with Crippen molar-refractivity contribution in [3.63, 3.8) is 0 Å². The fraction of sp³-hybridized carbons (Fsp3) is 0.556. The molecule has 1 aromatic rings. The maximum atomic E-state index is 8.59. The van der Waals surface area contributed by atoms with Gasteiger partial charge in [0.25, 0.3) is 0 Å². The van der Waals surface area contributed by atoms with Crippen LogP contribution in [-0.4, -0.2) is 18.7 Å². The van der Waals surface area contributed by atoms with Gasteiger partial charge in [-0.2, -0.15) is 5.26 Å². The minimum atomic E-state index is 0.0899. The lowest BCUT2D eigenvalue weighted by Gasteiger charge is -2.05. The lowest BCUT2D eigenvalue weighted by Crippen LogP contribution is -2.07. The number of ether oxygens (including phenoxy) is 1. The van der Waals surface area contributed by atoms with E-state index < -0.39 is 0 Å². The molecule has 1 unspecified atom stereocenters. The quantitative estimate of drug-likeness (QED) is 0.773. The molecule has 1 heterocycles. The van der Waals surface area contributed by atoms with E-state index in [2.05, 4.69) is 4.98 Å². The van der Waals surface area contributed by atoms with Crippen LogP contribution in [0.3, 0.4) is 0 Å². The summed E-state index contributed by atoms with van der Waals surface area (Å²) in [6, 6.07) is 1.86. The first-order valence-electron chi connectivity index (χ1n) is 4.31. The molecule has 0 aliphatic rings. The number of rotatable bonds is 4. The Morgan fingerprint density at radius 1 is 1.71 bits per heavy atom. The molecule has 1 aromatic heterocycles. The molecule has 5 nitrogen and oxygen atoms in total. The fourth-order valence-electron chi connectivity index (χ4n) is 1.19. The average Bonchev–Trinajstić information content (AvgIpc) is 2.46. The second kappa shape index (κ2) is 4.63. The van der Waals surface area contributed by atoms with Crippen LogP contribution in [0.15, 0.2) is 4.42 Å². The maximum absolute atomic E-state index is 8.59. The van der Waals surface area contributed by atoms with Gasteiger partial charge in [-0.25, -0.2) is 4.98 Å². The maximum Gasteiger partial charge on any atom is 0.229 e. The Morgan fingerprint density at radius 3 is 2.93 bits per heavy atom. The van der Waals surface area contributed by atoms with Gasteiger partial charge in [0.1, 0.15) is 6.07 Å². The van der Waals surface area contributed by atoms with Gasteiger partial charge in [0, 0.05) is 20.1 Å². The Morgan fingerprint density at radius 2 is 2.43 bits per heavy atom. The molecule has 14 heavy (non-hydrogen) atoms. The molecule has 0 aliphatic carbocycles. The zero-order chi connectivity index (χ0) is 10.6. The standard InChI is InChI=1S/C9H13N3O2/c1-6(5-13-2)3-8-12-7(4-10)9(11)14-8/h6H,3,5,11H2,1-2H3. The molecule has 76 valence electrons. The van der Waals surface area contributed by atoms with E-state index in [0.29, 0.717) is 24.8 Å². The second-order valence-electron chi connectivity index (χ2n) is 3.20. The molecule has 0 radical (unpaired) electrons. The molecule has 1 rings (SSSR count). The molecule has 1 atom stereocenters. The zero-order valence-corrected chi connectivity index (χ0v) is 8.28. The van der Waals surface area contributed by atoms with Crippen LogP contribution in [0.25, 0.3) is 0 Å². The van der Waals surface area contributed by atoms with Gasteiger partial charge < -0.3 is 14.9 Å². The highest BCUT2D eigenvalue weighted by Crippen LogP contribution is 2.15. The minimum Gasteiger partial charge on any atom is -0.424 e. The Labute approximate surface area is 82.5 Å². The van der Waals surface area contributed by atoms with E-state index in [9.17, 15) is 0 Å². The van der Waals surface area contributed by atoms with Crippen molar-refractivity contribution in [2.75, 3.05) is 19.5 Å². The van der Waals surface area contributed by atoms with E-state index >= 15 is 0 Å². The first-order valence-corrected chi connectivity index (χ1v) is 4.31. The van der Waals surface area contributed by atoms with Crippen LogP contribution in [0.1, 0.15) is 18.5 Å². The Kier molecular flexibility index (Phi) is 3.48. The predicted octanol–water partition coefficient (Wildman–Crippen LogP) is 0.953. The fourth-order valence-corrected chi connectivity index (χ4v) is 1.19. The first kappa shape index (κ1) is 10.5. The van der Waals surface area contributed by atoms with E-state index in [1.165, 1.54) is 0 Å². The Bertz CT molecular complexity index is 340.